The first kappa shape index (κ1) is 24.6. The van der Waals surface area contributed by atoms with Gasteiger partial charge in [-0.3, -0.25) is 0 Å². The maximum atomic E-state index is 10.5. The molecule has 0 spiro atoms. The minimum atomic E-state index is -0.539. The minimum Gasteiger partial charge on any atom is -0.508 e. The van der Waals surface area contributed by atoms with Crippen LogP contribution in [0.1, 0.15) is 40.4 Å². The van der Waals surface area contributed by atoms with Crippen LogP contribution < -0.4 is 18.9 Å². The third-order valence-electron chi connectivity index (χ3n) is 7.37. The number of ether oxygens (including phenoxy) is 4. The van der Waals surface area contributed by atoms with Crippen LogP contribution >= 0.6 is 0 Å². The van der Waals surface area contributed by atoms with E-state index in [1.165, 1.54) is 0 Å². The Labute approximate surface area is 226 Å². The van der Waals surface area contributed by atoms with Gasteiger partial charge >= 0.3 is 0 Å². The largest absolute Gasteiger partial charge is 0.508 e. The molecule has 0 aliphatic carbocycles. The normalized spacial score (nSPS) is 21.2. The van der Waals surface area contributed by atoms with Gasteiger partial charge in [-0.05, 0) is 23.3 Å². The van der Waals surface area contributed by atoms with Crippen molar-refractivity contribution < 1.29 is 34.3 Å². The average Bonchev–Trinajstić information content (AvgIpc) is 2.95. The van der Waals surface area contributed by atoms with E-state index in [9.17, 15) is 15.3 Å². The molecule has 0 amide bonds. The summed E-state index contributed by atoms with van der Waals surface area (Å²) in [6.45, 7) is 0. The maximum absolute atomic E-state index is 10.5. The third-order valence-corrected chi connectivity index (χ3v) is 7.37. The Hall–Kier alpha value is -4.78. The van der Waals surface area contributed by atoms with Gasteiger partial charge < -0.3 is 34.3 Å². The molecule has 0 aromatic heterocycles. The second kappa shape index (κ2) is 9.83. The number of fused-ring (bicyclic) bond motifs is 4. The smallest absolute Gasteiger partial charge is 0.139 e. The van der Waals surface area contributed by atoms with E-state index in [0.717, 1.165) is 16.7 Å². The molecule has 7 nitrogen and oxygen atoms in total. The molecule has 0 saturated heterocycles. The average molecular weight is 525 g/mol. The SMILES string of the molecule is COc1cc(O)cc2c1[C@@H](/C=C/c1ccc(O)cc1)[C@@H]1[C@@H](c3ccccc3)Oc3cc(O)cc(OC)c3[C@@H]1O2. The van der Waals surface area contributed by atoms with Crippen molar-refractivity contribution in [2.75, 3.05) is 14.2 Å². The maximum Gasteiger partial charge on any atom is 0.139 e. The van der Waals surface area contributed by atoms with Gasteiger partial charge in [-0.2, -0.15) is 0 Å². The summed E-state index contributed by atoms with van der Waals surface area (Å²) < 4.78 is 24.7. The third kappa shape index (κ3) is 4.36. The first-order valence-electron chi connectivity index (χ1n) is 12.6. The van der Waals surface area contributed by atoms with Gasteiger partial charge in [0.05, 0.1) is 25.7 Å². The van der Waals surface area contributed by atoms with Gasteiger partial charge in [0.25, 0.3) is 0 Å². The molecule has 4 atom stereocenters. The molecule has 2 aliphatic heterocycles. The predicted molar refractivity (Wildman–Crippen MR) is 146 cm³/mol. The van der Waals surface area contributed by atoms with E-state index in [1.807, 2.05) is 48.5 Å². The fourth-order valence-corrected chi connectivity index (χ4v) is 5.68. The van der Waals surface area contributed by atoms with Gasteiger partial charge in [0, 0.05) is 35.7 Å². The van der Waals surface area contributed by atoms with Crippen molar-refractivity contribution >= 4 is 6.08 Å². The molecule has 3 N–H and O–H groups in total. The first-order chi connectivity index (χ1) is 19.0. The molecule has 0 radical (unpaired) electrons. The molecule has 7 heteroatoms. The predicted octanol–water partition coefficient (Wildman–Crippen LogP) is 6.50. The summed E-state index contributed by atoms with van der Waals surface area (Å²) >= 11 is 0. The van der Waals surface area contributed by atoms with Crippen LogP contribution in [0.3, 0.4) is 0 Å². The molecular formula is C32H28O7. The lowest BCUT2D eigenvalue weighted by molar-refractivity contribution is -0.0107. The van der Waals surface area contributed by atoms with E-state index < -0.39 is 12.2 Å². The van der Waals surface area contributed by atoms with Crippen molar-refractivity contribution in [2.24, 2.45) is 5.92 Å². The zero-order valence-corrected chi connectivity index (χ0v) is 21.4. The van der Waals surface area contributed by atoms with Crippen molar-refractivity contribution in [1.29, 1.82) is 0 Å². The second-order valence-electron chi connectivity index (χ2n) is 9.66. The number of benzene rings is 4. The van der Waals surface area contributed by atoms with Crippen LogP contribution in [0, 0.1) is 5.92 Å². The molecule has 2 heterocycles. The summed E-state index contributed by atoms with van der Waals surface area (Å²) in [6.07, 6.45) is 3.09. The molecule has 6 rings (SSSR count). The molecule has 39 heavy (non-hydrogen) atoms. The van der Waals surface area contributed by atoms with Crippen molar-refractivity contribution in [3.8, 4) is 40.2 Å². The van der Waals surface area contributed by atoms with Crippen molar-refractivity contribution in [2.45, 2.75) is 18.1 Å². The zero-order valence-electron chi connectivity index (χ0n) is 21.4. The number of methoxy groups -OCH3 is 2. The number of rotatable bonds is 5. The highest BCUT2D eigenvalue weighted by Crippen LogP contribution is 2.61. The zero-order chi connectivity index (χ0) is 27.1. The highest BCUT2D eigenvalue weighted by Gasteiger charge is 2.50. The highest BCUT2D eigenvalue weighted by atomic mass is 16.5. The van der Waals surface area contributed by atoms with Crippen LogP contribution in [-0.2, 0) is 0 Å². The fourth-order valence-electron chi connectivity index (χ4n) is 5.68. The van der Waals surface area contributed by atoms with Crippen LogP contribution in [0.4, 0.5) is 0 Å². The van der Waals surface area contributed by atoms with Crippen LogP contribution in [0.15, 0.2) is 84.9 Å². The Morgan fingerprint density at radius 3 is 1.90 bits per heavy atom. The fraction of sp³-hybridized carbons (Fsp3) is 0.188. The van der Waals surface area contributed by atoms with Gasteiger partial charge in [0.1, 0.15) is 52.5 Å². The monoisotopic (exact) mass is 524 g/mol. The number of hydrogen-bond acceptors (Lipinski definition) is 7. The number of phenolic OH excluding ortho intramolecular Hbond substituents is 3. The molecule has 0 unspecified atom stereocenters. The van der Waals surface area contributed by atoms with E-state index in [-0.39, 0.29) is 29.1 Å². The topological polar surface area (TPSA) is 97.6 Å². The molecule has 198 valence electrons. The summed E-state index contributed by atoms with van der Waals surface area (Å²) in [4.78, 5) is 0. The van der Waals surface area contributed by atoms with Crippen LogP contribution in [0.25, 0.3) is 6.08 Å². The summed E-state index contributed by atoms with van der Waals surface area (Å²) in [5, 5.41) is 30.7. The molecule has 2 aliphatic rings. The van der Waals surface area contributed by atoms with Crippen LogP contribution in [0.5, 0.6) is 40.2 Å². The standard InChI is InChI=1S/C32H28O7/c1-36-24-14-21(34)16-26-28(24)23(13-10-18-8-11-20(33)12-9-18)29-31(19-6-4-3-5-7-19)38-27-17-22(35)15-25(37-2)30(27)32(29)39-26/h3-17,23,29,31-35H,1-2H3/b13-10+/t23-,29-,31-,32-/m1/s1. The summed E-state index contributed by atoms with van der Waals surface area (Å²) in [5.41, 5.74) is 3.33. The van der Waals surface area contributed by atoms with Gasteiger partial charge in [0.2, 0.25) is 0 Å². The van der Waals surface area contributed by atoms with E-state index in [4.69, 9.17) is 18.9 Å². The molecule has 4 aromatic rings. The van der Waals surface area contributed by atoms with E-state index in [2.05, 4.69) is 6.08 Å². The molecule has 0 saturated carbocycles. The highest BCUT2D eigenvalue weighted by molar-refractivity contribution is 5.62. The van der Waals surface area contributed by atoms with Gasteiger partial charge in [-0.25, -0.2) is 0 Å². The summed E-state index contributed by atoms with van der Waals surface area (Å²) in [5.74, 6) is 1.59. The Morgan fingerprint density at radius 2 is 1.26 bits per heavy atom. The quantitative estimate of drug-likeness (QED) is 0.274. The van der Waals surface area contributed by atoms with Gasteiger partial charge in [-0.15, -0.1) is 0 Å². The Balaban J connectivity index is 1.60. The Bertz CT molecular complexity index is 1530. The van der Waals surface area contributed by atoms with E-state index in [0.29, 0.717) is 28.6 Å². The van der Waals surface area contributed by atoms with Gasteiger partial charge in [-0.1, -0.05) is 54.6 Å². The van der Waals surface area contributed by atoms with Gasteiger partial charge in [0.15, 0.2) is 0 Å². The molecule has 0 bridgehead atoms. The lowest BCUT2D eigenvalue weighted by Crippen LogP contribution is -2.39. The minimum absolute atomic E-state index is 0.0230. The number of hydrogen-bond donors (Lipinski definition) is 3. The lowest BCUT2D eigenvalue weighted by Gasteiger charge is -2.46. The van der Waals surface area contributed by atoms with Crippen LogP contribution in [0.2, 0.25) is 0 Å². The van der Waals surface area contributed by atoms with E-state index >= 15 is 0 Å². The molecular weight excluding hydrogens is 496 g/mol. The Kier molecular flexibility index (Phi) is 6.19. The van der Waals surface area contributed by atoms with E-state index in [1.54, 1.807) is 50.6 Å². The number of allylic oxidation sites excluding steroid dienone is 1. The number of aromatic hydroxyl groups is 3. The second-order valence-corrected chi connectivity index (χ2v) is 9.66. The van der Waals surface area contributed by atoms with Crippen molar-refractivity contribution in [3.05, 3.63) is 107 Å². The van der Waals surface area contributed by atoms with Crippen molar-refractivity contribution in [3.63, 3.8) is 0 Å². The lowest BCUT2D eigenvalue weighted by atomic mass is 9.71. The van der Waals surface area contributed by atoms with Crippen molar-refractivity contribution in [1.82, 2.24) is 0 Å². The Morgan fingerprint density at radius 1 is 0.667 bits per heavy atom. The summed E-state index contributed by atoms with van der Waals surface area (Å²) in [7, 11) is 3.11. The first-order valence-corrected chi connectivity index (χ1v) is 12.6. The van der Waals surface area contributed by atoms with Crippen LogP contribution in [-0.4, -0.2) is 29.5 Å². The molecule has 4 aromatic carbocycles. The molecule has 0 fully saturated rings. The summed E-state index contributed by atoms with van der Waals surface area (Å²) in [6, 6.07) is 23.2. The number of phenols is 3.